The van der Waals surface area contributed by atoms with Crippen LogP contribution in [-0.4, -0.2) is 50.8 Å². The van der Waals surface area contributed by atoms with E-state index >= 15 is 0 Å². The van der Waals surface area contributed by atoms with Gasteiger partial charge in [0.2, 0.25) is 5.91 Å². The Balaban J connectivity index is 2.23. The van der Waals surface area contributed by atoms with Crippen LogP contribution in [0.5, 0.6) is 0 Å². The van der Waals surface area contributed by atoms with Gasteiger partial charge in [0.15, 0.2) is 0 Å². The smallest absolute Gasteiger partial charge is 0.236 e. The molecule has 3 atom stereocenters. The topological polar surface area (TPSA) is 62.4 Å². The molecule has 1 aliphatic heterocycles. The van der Waals surface area contributed by atoms with Gasteiger partial charge in [0.1, 0.15) is 0 Å². The lowest BCUT2D eigenvalue weighted by Gasteiger charge is -2.27. The van der Waals surface area contributed by atoms with Crippen molar-refractivity contribution in [1.29, 1.82) is 0 Å². The van der Waals surface area contributed by atoms with Crippen molar-refractivity contribution in [2.75, 3.05) is 26.8 Å². The fourth-order valence-corrected chi connectivity index (χ4v) is 1.98. The Morgan fingerprint density at radius 1 is 1.56 bits per heavy atom. The van der Waals surface area contributed by atoms with E-state index in [1.165, 1.54) is 0 Å². The molecule has 1 heterocycles. The number of likely N-dealkylation sites (N-methyl/N-ethyl adjacent to an activating group) is 1. The maximum absolute atomic E-state index is 11.3. The van der Waals surface area contributed by atoms with Gasteiger partial charge in [0, 0.05) is 25.7 Å². The van der Waals surface area contributed by atoms with E-state index in [1.54, 1.807) is 7.05 Å². The van der Waals surface area contributed by atoms with Crippen LogP contribution in [0.2, 0.25) is 0 Å². The number of ether oxygens (including phenoxy) is 1. The molecule has 0 aromatic rings. The molecule has 1 amide bonds. The van der Waals surface area contributed by atoms with Crippen LogP contribution in [0, 0.1) is 0 Å². The Morgan fingerprint density at radius 3 is 2.88 bits per heavy atom. The molecule has 1 aliphatic rings. The van der Waals surface area contributed by atoms with Crippen molar-refractivity contribution in [1.82, 2.24) is 16.0 Å². The second-order valence-corrected chi connectivity index (χ2v) is 4.37. The number of hydrogen-bond donors (Lipinski definition) is 3. The summed E-state index contributed by atoms with van der Waals surface area (Å²) in [6, 6.07) is 0.546. The molecule has 0 aromatic carbocycles. The molecule has 1 saturated heterocycles. The third-order valence-corrected chi connectivity index (χ3v) is 2.81. The van der Waals surface area contributed by atoms with Crippen LogP contribution < -0.4 is 16.0 Å². The summed E-state index contributed by atoms with van der Waals surface area (Å²) in [6.07, 6.45) is 0.974. The molecule has 0 bridgehead atoms. The van der Waals surface area contributed by atoms with Crippen molar-refractivity contribution in [2.45, 2.75) is 38.4 Å². The van der Waals surface area contributed by atoms with Crippen LogP contribution in [0.15, 0.2) is 0 Å². The number of carbonyl (C=O) groups excluding carboxylic acids is 1. The van der Waals surface area contributed by atoms with Gasteiger partial charge in [0.25, 0.3) is 0 Å². The maximum Gasteiger partial charge on any atom is 0.236 e. The third kappa shape index (κ3) is 4.47. The molecule has 5 nitrogen and oxygen atoms in total. The van der Waals surface area contributed by atoms with Crippen LogP contribution in [-0.2, 0) is 9.53 Å². The predicted octanol–water partition coefficient (Wildman–Crippen LogP) is -0.522. The van der Waals surface area contributed by atoms with Crippen LogP contribution in [0.25, 0.3) is 0 Å². The first-order chi connectivity index (χ1) is 7.63. The summed E-state index contributed by atoms with van der Waals surface area (Å²) in [5.74, 6) is 0.0275. The molecule has 3 unspecified atom stereocenters. The minimum absolute atomic E-state index is 0.0275. The first kappa shape index (κ1) is 13.4. The lowest BCUT2D eigenvalue weighted by molar-refractivity contribution is -0.122. The average molecular weight is 229 g/mol. The Hall–Kier alpha value is -0.650. The highest BCUT2D eigenvalue weighted by Gasteiger charge is 2.19. The van der Waals surface area contributed by atoms with E-state index in [0.29, 0.717) is 12.1 Å². The molecular weight excluding hydrogens is 206 g/mol. The van der Waals surface area contributed by atoms with E-state index in [1.807, 2.05) is 6.92 Å². The van der Waals surface area contributed by atoms with Gasteiger partial charge in [0.05, 0.1) is 19.3 Å². The summed E-state index contributed by atoms with van der Waals surface area (Å²) in [6.45, 7) is 6.45. The minimum Gasteiger partial charge on any atom is -0.379 e. The van der Waals surface area contributed by atoms with Gasteiger partial charge in [-0.15, -0.1) is 0 Å². The fourth-order valence-electron chi connectivity index (χ4n) is 1.98. The highest BCUT2D eigenvalue weighted by molar-refractivity contribution is 5.80. The number of amides is 1. The van der Waals surface area contributed by atoms with E-state index in [2.05, 4.69) is 22.9 Å². The first-order valence-electron chi connectivity index (χ1n) is 5.92. The van der Waals surface area contributed by atoms with Crippen LogP contribution in [0.4, 0.5) is 0 Å². The molecule has 1 fully saturated rings. The van der Waals surface area contributed by atoms with E-state index < -0.39 is 0 Å². The first-order valence-corrected chi connectivity index (χ1v) is 5.92. The highest BCUT2D eigenvalue weighted by Crippen LogP contribution is 2.03. The van der Waals surface area contributed by atoms with Crippen molar-refractivity contribution in [3.8, 4) is 0 Å². The molecule has 0 saturated carbocycles. The number of carbonyl (C=O) groups is 1. The summed E-state index contributed by atoms with van der Waals surface area (Å²) in [5, 5.41) is 9.30. The lowest BCUT2D eigenvalue weighted by atomic mass is 10.1. The molecule has 3 N–H and O–H groups in total. The monoisotopic (exact) mass is 229 g/mol. The normalized spacial score (nSPS) is 24.8. The highest BCUT2D eigenvalue weighted by atomic mass is 16.5. The quantitative estimate of drug-likeness (QED) is 0.593. The number of nitrogens with one attached hydrogen (secondary N) is 3. The zero-order chi connectivity index (χ0) is 12.0. The Kier molecular flexibility index (Phi) is 5.73. The van der Waals surface area contributed by atoms with E-state index in [9.17, 15) is 4.79 Å². The summed E-state index contributed by atoms with van der Waals surface area (Å²) >= 11 is 0. The van der Waals surface area contributed by atoms with E-state index in [-0.39, 0.29) is 11.9 Å². The molecule has 1 rings (SSSR count). The average Bonchev–Trinajstić information content (AvgIpc) is 2.29. The van der Waals surface area contributed by atoms with Crippen molar-refractivity contribution >= 4 is 5.91 Å². The van der Waals surface area contributed by atoms with Gasteiger partial charge in [-0.25, -0.2) is 0 Å². The summed E-state index contributed by atoms with van der Waals surface area (Å²) in [7, 11) is 1.65. The molecule has 0 aromatic heterocycles. The Labute approximate surface area is 97.3 Å². The van der Waals surface area contributed by atoms with Crippen molar-refractivity contribution < 1.29 is 9.53 Å². The van der Waals surface area contributed by atoms with Crippen molar-refractivity contribution in [3.05, 3.63) is 0 Å². The second kappa shape index (κ2) is 6.83. The molecule has 16 heavy (non-hydrogen) atoms. The maximum atomic E-state index is 11.3. The number of hydrogen-bond acceptors (Lipinski definition) is 4. The molecule has 0 spiro atoms. The standard InChI is InChI=1S/C11H23N3O2/c1-8(14-9(2)11(15)12-3)6-10-7-16-5-4-13-10/h8-10,13-14H,4-7H2,1-3H3,(H,12,15). The van der Waals surface area contributed by atoms with Crippen molar-refractivity contribution in [3.63, 3.8) is 0 Å². The van der Waals surface area contributed by atoms with E-state index in [4.69, 9.17) is 4.74 Å². The molecule has 5 heteroatoms. The zero-order valence-electron chi connectivity index (χ0n) is 10.4. The largest absolute Gasteiger partial charge is 0.379 e. The number of rotatable bonds is 5. The van der Waals surface area contributed by atoms with Crippen molar-refractivity contribution in [2.24, 2.45) is 0 Å². The van der Waals surface area contributed by atoms with Crippen LogP contribution in [0.3, 0.4) is 0 Å². The summed E-state index contributed by atoms with van der Waals surface area (Å²) < 4.78 is 5.39. The van der Waals surface area contributed by atoms with Crippen LogP contribution in [0.1, 0.15) is 20.3 Å². The summed E-state index contributed by atoms with van der Waals surface area (Å²) in [4.78, 5) is 11.3. The van der Waals surface area contributed by atoms with E-state index in [0.717, 1.165) is 26.2 Å². The van der Waals surface area contributed by atoms with Gasteiger partial charge in [-0.05, 0) is 20.3 Å². The van der Waals surface area contributed by atoms with Gasteiger partial charge in [-0.1, -0.05) is 0 Å². The Morgan fingerprint density at radius 2 is 2.31 bits per heavy atom. The number of morpholine rings is 1. The molecular formula is C11H23N3O2. The summed E-state index contributed by atoms with van der Waals surface area (Å²) in [5.41, 5.74) is 0. The third-order valence-electron chi connectivity index (χ3n) is 2.81. The second-order valence-electron chi connectivity index (χ2n) is 4.37. The van der Waals surface area contributed by atoms with Gasteiger partial charge in [-0.2, -0.15) is 0 Å². The Bertz CT molecular complexity index is 217. The fraction of sp³-hybridized carbons (Fsp3) is 0.909. The lowest BCUT2D eigenvalue weighted by Crippen LogP contribution is -2.49. The van der Waals surface area contributed by atoms with Crippen LogP contribution >= 0.6 is 0 Å². The van der Waals surface area contributed by atoms with Gasteiger partial charge >= 0.3 is 0 Å². The predicted molar refractivity (Wildman–Crippen MR) is 63.4 cm³/mol. The molecule has 0 aliphatic carbocycles. The minimum atomic E-state index is -0.149. The zero-order valence-corrected chi connectivity index (χ0v) is 10.4. The van der Waals surface area contributed by atoms with Gasteiger partial charge < -0.3 is 20.7 Å². The molecule has 94 valence electrons. The van der Waals surface area contributed by atoms with Gasteiger partial charge in [-0.3, -0.25) is 4.79 Å². The SMILES string of the molecule is CNC(=O)C(C)NC(C)CC1COCCN1. The molecule has 0 radical (unpaired) electrons.